The van der Waals surface area contributed by atoms with Crippen LogP contribution in [0.4, 0.5) is 0 Å². The van der Waals surface area contributed by atoms with Gasteiger partial charge in [-0.25, -0.2) is 4.79 Å². The molecule has 2 atom stereocenters. The minimum absolute atomic E-state index is 0.0352. The summed E-state index contributed by atoms with van der Waals surface area (Å²) in [4.78, 5) is 22.6. The highest BCUT2D eigenvalue weighted by atomic mass is 16.5. The molecular formula is C14H19NO5. The van der Waals surface area contributed by atoms with Gasteiger partial charge in [-0.2, -0.15) is 0 Å². The molecule has 0 saturated heterocycles. The minimum Gasteiger partial charge on any atom is -0.480 e. The number of carbonyl (C=O) groups is 2. The maximum Gasteiger partial charge on any atom is 0.326 e. The lowest BCUT2D eigenvalue weighted by molar-refractivity contribution is -0.144. The molecule has 1 unspecified atom stereocenters. The molecular weight excluding hydrogens is 262 g/mol. The lowest BCUT2D eigenvalue weighted by atomic mass is 10.2. The molecule has 6 nitrogen and oxygen atoms in total. The Morgan fingerprint density at radius 1 is 1.30 bits per heavy atom. The average Bonchev–Trinajstić information content (AvgIpc) is 2.45. The zero-order valence-electron chi connectivity index (χ0n) is 11.3. The number of amides is 1. The van der Waals surface area contributed by atoms with Crippen LogP contribution >= 0.6 is 0 Å². The second-order valence-corrected chi connectivity index (χ2v) is 4.35. The molecule has 0 aliphatic rings. The van der Waals surface area contributed by atoms with Crippen molar-refractivity contribution in [2.45, 2.75) is 32.1 Å². The Labute approximate surface area is 117 Å². The molecule has 1 aromatic carbocycles. The first kappa shape index (κ1) is 16.1. The number of hydrogen-bond donors (Lipinski definition) is 3. The van der Waals surface area contributed by atoms with E-state index in [0.29, 0.717) is 0 Å². The number of aliphatic carboxylic acids is 1. The third kappa shape index (κ3) is 5.38. The van der Waals surface area contributed by atoms with Crippen LogP contribution in [0, 0.1) is 0 Å². The third-order valence-corrected chi connectivity index (χ3v) is 2.74. The molecule has 0 fully saturated rings. The molecule has 1 aromatic rings. The van der Waals surface area contributed by atoms with E-state index >= 15 is 0 Å². The van der Waals surface area contributed by atoms with E-state index in [1.807, 2.05) is 30.3 Å². The third-order valence-electron chi connectivity index (χ3n) is 2.74. The monoisotopic (exact) mass is 281 g/mol. The van der Waals surface area contributed by atoms with Gasteiger partial charge in [0.05, 0.1) is 6.61 Å². The van der Waals surface area contributed by atoms with E-state index in [1.54, 1.807) is 6.92 Å². The van der Waals surface area contributed by atoms with Crippen LogP contribution in [0.2, 0.25) is 0 Å². The van der Waals surface area contributed by atoms with Gasteiger partial charge in [-0.3, -0.25) is 4.79 Å². The number of carboxylic acid groups (broad SMARTS) is 1. The van der Waals surface area contributed by atoms with Crippen LogP contribution in [0.15, 0.2) is 30.3 Å². The summed E-state index contributed by atoms with van der Waals surface area (Å²) < 4.78 is 5.38. The fourth-order valence-corrected chi connectivity index (χ4v) is 1.55. The van der Waals surface area contributed by atoms with Gasteiger partial charge < -0.3 is 20.3 Å². The summed E-state index contributed by atoms with van der Waals surface area (Å²) in [7, 11) is 0. The molecule has 3 N–H and O–H groups in total. The van der Waals surface area contributed by atoms with Crippen LogP contribution in [-0.2, 0) is 20.9 Å². The van der Waals surface area contributed by atoms with Crippen molar-refractivity contribution in [3.05, 3.63) is 35.9 Å². The van der Waals surface area contributed by atoms with Crippen LogP contribution in [-0.4, -0.2) is 40.8 Å². The number of aliphatic hydroxyl groups excluding tert-OH is 1. The molecule has 0 aliphatic heterocycles. The zero-order chi connectivity index (χ0) is 15.0. The Kier molecular flexibility index (Phi) is 6.69. The van der Waals surface area contributed by atoms with Gasteiger partial charge in [0.25, 0.3) is 0 Å². The van der Waals surface area contributed by atoms with Crippen molar-refractivity contribution < 1.29 is 24.5 Å². The topological polar surface area (TPSA) is 95.9 Å². The molecule has 0 saturated carbocycles. The van der Waals surface area contributed by atoms with E-state index in [2.05, 4.69) is 5.32 Å². The van der Waals surface area contributed by atoms with Crippen molar-refractivity contribution in [2.24, 2.45) is 0 Å². The van der Waals surface area contributed by atoms with E-state index in [1.165, 1.54) is 0 Å². The number of hydrogen-bond acceptors (Lipinski definition) is 4. The molecule has 0 aromatic heterocycles. The van der Waals surface area contributed by atoms with Crippen LogP contribution in [0.5, 0.6) is 0 Å². The Morgan fingerprint density at radius 2 is 1.95 bits per heavy atom. The van der Waals surface area contributed by atoms with Crippen molar-refractivity contribution >= 4 is 11.9 Å². The van der Waals surface area contributed by atoms with E-state index < -0.39 is 24.0 Å². The highest BCUT2D eigenvalue weighted by molar-refractivity contribution is 5.86. The van der Waals surface area contributed by atoms with Crippen molar-refractivity contribution in [2.75, 3.05) is 6.61 Å². The molecule has 0 spiro atoms. The second kappa shape index (κ2) is 8.29. The summed E-state index contributed by atoms with van der Waals surface area (Å²) in [5, 5.41) is 19.9. The van der Waals surface area contributed by atoms with Gasteiger partial charge in [-0.15, -0.1) is 0 Å². The number of carbonyl (C=O) groups excluding carboxylic acids is 1. The predicted octanol–water partition coefficient (Wildman–Crippen LogP) is 0.543. The standard InChI is InChI=1S/C14H19NO5/c1-10(20-9-11-5-3-2-4-6-11)13(17)15-12(7-8-16)14(18)19/h2-6,10,12,16H,7-9H2,1H3,(H,15,17)(H,18,19)/t10?,12-/m0/s1. The Balaban J connectivity index is 2.44. The molecule has 1 rings (SSSR count). The normalized spacial score (nSPS) is 13.5. The van der Waals surface area contributed by atoms with E-state index in [9.17, 15) is 9.59 Å². The predicted molar refractivity (Wildman–Crippen MR) is 72.0 cm³/mol. The Hall–Kier alpha value is -1.92. The Bertz CT molecular complexity index is 434. The smallest absolute Gasteiger partial charge is 0.326 e. The summed E-state index contributed by atoms with van der Waals surface area (Å²) in [5.41, 5.74) is 0.928. The lowest BCUT2D eigenvalue weighted by Crippen LogP contribution is -2.45. The molecule has 6 heteroatoms. The van der Waals surface area contributed by atoms with Crippen molar-refractivity contribution in [3.8, 4) is 0 Å². The fraction of sp³-hybridized carbons (Fsp3) is 0.429. The van der Waals surface area contributed by atoms with Crippen molar-refractivity contribution in [1.29, 1.82) is 0 Å². The number of carboxylic acids is 1. The largest absolute Gasteiger partial charge is 0.480 e. The van der Waals surface area contributed by atoms with Gasteiger partial charge in [0.15, 0.2) is 0 Å². The van der Waals surface area contributed by atoms with Crippen molar-refractivity contribution in [3.63, 3.8) is 0 Å². The average molecular weight is 281 g/mol. The number of benzene rings is 1. The van der Waals surface area contributed by atoms with Crippen molar-refractivity contribution in [1.82, 2.24) is 5.32 Å². The maximum absolute atomic E-state index is 11.8. The molecule has 110 valence electrons. The molecule has 1 amide bonds. The maximum atomic E-state index is 11.8. The lowest BCUT2D eigenvalue weighted by Gasteiger charge is -2.17. The summed E-state index contributed by atoms with van der Waals surface area (Å²) >= 11 is 0. The first-order valence-corrected chi connectivity index (χ1v) is 6.34. The molecule has 0 heterocycles. The molecule has 20 heavy (non-hydrogen) atoms. The van der Waals surface area contributed by atoms with Crippen LogP contribution in [0.25, 0.3) is 0 Å². The van der Waals surface area contributed by atoms with E-state index in [4.69, 9.17) is 14.9 Å². The van der Waals surface area contributed by atoms with Gasteiger partial charge in [0.1, 0.15) is 12.1 Å². The highest BCUT2D eigenvalue weighted by Gasteiger charge is 2.22. The first-order valence-electron chi connectivity index (χ1n) is 6.34. The van der Waals surface area contributed by atoms with E-state index in [0.717, 1.165) is 5.56 Å². The van der Waals surface area contributed by atoms with Crippen LogP contribution in [0.1, 0.15) is 18.9 Å². The quantitative estimate of drug-likeness (QED) is 0.646. The fourth-order valence-electron chi connectivity index (χ4n) is 1.55. The summed E-state index contributed by atoms with van der Waals surface area (Å²) in [6, 6.07) is 8.25. The van der Waals surface area contributed by atoms with Crippen LogP contribution < -0.4 is 5.32 Å². The minimum atomic E-state index is -1.18. The van der Waals surface area contributed by atoms with E-state index in [-0.39, 0.29) is 19.6 Å². The van der Waals surface area contributed by atoms with Gasteiger partial charge in [0, 0.05) is 13.0 Å². The van der Waals surface area contributed by atoms with Gasteiger partial charge in [-0.1, -0.05) is 30.3 Å². The summed E-state index contributed by atoms with van der Waals surface area (Å²) in [5.74, 6) is -1.69. The molecule has 0 aliphatic carbocycles. The second-order valence-electron chi connectivity index (χ2n) is 4.35. The number of nitrogens with one attached hydrogen (secondary N) is 1. The number of rotatable bonds is 8. The summed E-state index contributed by atoms with van der Waals surface area (Å²) in [6.07, 6.45) is -0.803. The molecule has 0 bridgehead atoms. The first-order chi connectivity index (χ1) is 9.54. The number of ether oxygens (including phenoxy) is 1. The highest BCUT2D eigenvalue weighted by Crippen LogP contribution is 2.04. The van der Waals surface area contributed by atoms with Crippen LogP contribution in [0.3, 0.4) is 0 Å². The molecule has 0 radical (unpaired) electrons. The van der Waals surface area contributed by atoms with Gasteiger partial charge >= 0.3 is 5.97 Å². The van der Waals surface area contributed by atoms with Gasteiger partial charge in [0.2, 0.25) is 5.91 Å². The van der Waals surface area contributed by atoms with Gasteiger partial charge in [-0.05, 0) is 12.5 Å². The number of aliphatic hydroxyl groups is 1. The summed E-state index contributed by atoms with van der Waals surface area (Å²) in [6.45, 7) is 1.51. The Morgan fingerprint density at radius 3 is 2.50 bits per heavy atom. The zero-order valence-corrected chi connectivity index (χ0v) is 11.3. The SMILES string of the molecule is CC(OCc1ccccc1)C(=O)N[C@@H](CCO)C(=O)O.